The van der Waals surface area contributed by atoms with E-state index in [0.717, 1.165) is 16.0 Å². The summed E-state index contributed by atoms with van der Waals surface area (Å²) in [6, 6.07) is 5.44. The molecule has 0 spiro atoms. The Balaban J connectivity index is 1.41. The molecule has 1 saturated heterocycles. The van der Waals surface area contributed by atoms with Gasteiger partial charge in [0, 0.05) is 37.8 Å². The van der Waals surface area contributed by atoms with Crippen LogP contribution in [-0.2, 0) is 16.6 Å². The normalized spacial score (nSPS) is 17.5. The summed E-state index contributed by atoms with van der Waals surface area (Å²) in [6.45, 7) is 3.04. The van der Waals surface area contributed by atoms with Gasteiger partial charge in [0.25, 0.3) is 10.0 Å². The second-order valence-electron chi connectivity index (χ2n) is 5.58. The van der Waals surface area contributed by atoms with E-state index in [4.69, 9.17) is 0 Å². The van der Waals surface area contributed by atoms with Gasteiger partial charge in [0.2, 0.25) is 0 Å². The summed E-state index contributed by atoms with van der Waals surface area (Å²) in [6.07, 6.45) is 1.85. The molecule has 0 aliphatic carbocycles. The molecule has 0 N–H and O–H groups in total. The highest BCUT2D eigenvalue weighted by molar-refractivity contribution is 7.91. The molecule has 4 heterocycles. The van der Waals surface area contributed by atoms with Crippen molar-refractivity contribution < 1.29 is 8.42 Å². The summed E-state index contributed by atoms with van der Waals surface area (Å²) in [5, 5.41) is 4.87. The first kappa shape index (κ1) is 16.1. The highest BCUT2D eigenvalue weighted by Crippen LogP contribution is 2.22. The van der Waals surface area contributed by atoms with Gasteiger partial charge in [-0.15, -0.1) is 22.7 Å². The maximum atomic E-state index is 12.5. The second kappa shape index (κ2) is 6.49. The largest absolute Gasteiger partial charge is 0.293 e. The van der Waals surface area contributed by atoms with E-state index in [-0.39, 0.29) is 0 Å². The van der Waals surface area contributed by atoms with Crippen LogP contribution in [0.4, 0.5) is 0 Å². The van der Waals surface area contributed by atoms with E-state index in [2.05, 4.69) is 14.9 Å². The number of piperazine rings is 1. The summed E-state index contributed by atoms with van der Waals surface area (Å²) in [5.41, 5.74) is 0. The van der Waals surface area contributed by atoms with E-state index in [9.17, 15) is 8.42 Å². The number of rotatable bonds is 4. The molecule has 1 aliphatic heterocycles. The van der Waals surface area contributed by atoms with E-state index < -0.39 is 10.0 Å². The number of hydrogen-bond acceptors (Lipinski definition) is 7. The number of sulfonamides is 1. The van der Waals surface area contributed by atoms with Crippen molar-refractivity contribution >= 4 is 42.9 Å². The number of aromatic nitrogens is 2. The highest BCUT2D eigenvalue weighted by Gasteiger charge is 2.29. The molecular weight excluding hydrogens is 364 g/mol. The number of thiophene rings is 2. The van der Waals surface area contributed by atoms with Gasteiger partial charge in [0.1, 0.15) is 14.9 Å². The van der Waals surface area contributed by atoms with Gasteiger partial charge in [0.15, 0.2) is 0 Å². The van der Waals surface area contributed by atoms with Crippen molar-refractivity contribution in [3.05, 3.63) is 41.0 Å². The molecule has 9 heteroatoms. The first-order chi connectivity index (χ1) is 11.6. The molecule has 1 aliphatic rings. The Hall–Kier alpha value is -1.39. The minimum atomic E-state index is -3.34. The quantitative estimate of drug-likeness (QED) is 0.695. The molecule has 0 unspecified atom stereocenters. The van der Waals surface area contributed by atoms with Gasteiger partial charge in [0.05, 0.1) is 6.54 Å². The van der Waals surface area contributed by atoms with Crippen molar-refractivity contribution in [2.24, 2.45) is 0 Å². The Morgan fingerprint density at radius 2 is 1.92 bits per heavy atom. The Labute approximate surface area is 148 Å². The molecule has 0 saturated carbocycles. The average molecular weight is 381 g/mol. The number of fused-ring (bicyclic) bond motifs is 1. The fourth-order valence-electron chi connectivity index (χ4n) is 2.73. The van der Waals surface area contributed by atoms with Crippen molar-refractivity contribution in [2.45, 2.75) is 10.8 Å². The molecule has 1 fully saturated rings. The number of hydrogen-bond donors (Lipinski definition) is 0. The van der Waals surface area contributed by atoms with Crippen molar-refractivity contribution in [2.75, 3.05) is 26.2 Å². The SMILES string of the molecule is O=S(=O)(c1cccs1)N1CCN(Cc2ncc3ccsc3n2)CC1. The summed E-state index contributed by atoms with van der Waals surface area (Å²) >= 11 is 2.88. The van der Waals surface area contributed by atoms with Crippen LogP contribution in [0.1, 0.15) is 5.82 Å². The summed E-state index contributed by atoms with van der Waals surface area (Å²) in [5.74, 6) is 0.791. The Bertz CT molecular complexity index is 929. The molecule has 6 nitrogen and oxygen atoms in total. The molecule has 0 amide bonds. The van der Waals surface area contributed by atoms with Crippen LogP contribution < -0.4 is 0 Å². The van der Waals surface area contributed by atoms with Crippen LogP contribution in [0.3, 0.4) is 0 Å². The Morgan fingerprint density at radius 3 is 2.67 bits per heavy atom. The Kier molecular flexibility index (Phi) is 4.35. The zero-order chi connectivity index (χ0) is 16.6. The van der Waals surface area contributed by atoms with E-state index in [1.54, 1.807) is 33.2 Å². The van der Waals surface area contributed by atoms with E-state index in [0.29, 0.717) is 36.9 Å². The summed E-state index contributed by atoms with van der Waals surface area (Å²) < 4.78 is 27.0. The lowest BCUT2D eigenvalue weighted by molar-refractivity contribution is 0.178. The van der Waals surface area contributed by atoms with E-state index >= 15 is 0 Å². The third-order valence-electron chi connectivity index (χ3n) is 4.04. The average Bonchev–Trinajstić information content (AvgIpc) is 3.27. The lowest BCUT2D eigenvalue weighted by atomic mass is 10.3. The summed E-state index contributed by atoms with van der Waals surface area (Å²) in [4.78, 5) is 12.2. The molecule has 126 valence electrons. The fourth-order valence-corrected chi connectivity index (χ4v) is 6.06. The van der Waals surface area contributed by atoms with Crippen LogP contribution in [0.15, 0.2) is 39.4 Å². The van der Waals surface area contributed by atoms with Gasteiger partial charge in [-0.05, 0) is 22.9 Å². The van der Waals surface area contributed by atoms with Crippen LogP contribution in [0.25, 0.3) is 10.2 Å². The maximum absolute atomic E-state index is 12.5. The van der Waals surface area contributed by atoms with Crippen LogP contribution in [-0.4, -0.2) is 53.8 Å². The third-order valence-corrected chi connectivity index (χ3v) is 8.14. The minimum Gasteiger partial charge on any atom is -0.293 e. The highest BCUT2D eigenvalue weighted by atomic mass is 32.2. The van der Waals surface area contributed by atoms with Crippen LogP contribution in [0.2, 0.25) is 0 Å². The topological polar surface area (TPSA) is 66.4 Å². The van der Waals surface area contributed by atoms with Crippen LogP contribution >= 0.6 is 22.7 Å². The summed E-state index contributed by atoms with van der Waals surface area (Å²) in [7, 11) is -3.34. The molecule has 3 aromatic rings. The standard InChI is InChI=1S/C15H16N4O2S3/c20-24(21,14-2-1-8-22-14)19-6-4-18(5-7-19)11-13-16-10-12-3-9-23-15(12)17-13/h1-3,8-10H,4-7,11H2. The van der Waals surface area contributed by atoms with Gasteiger partial charge in [-0.2, -0.15) is 4.31 Å². The smallest absolute Gasteiger partial charge is 0.252 e. The third kappa shape index (κ3) is 3.09. The van der Waals surface area contributed by atoms with Gasteiger partial charge in [-0.25, -0.2) is 18.4 Å². The zero-order valence-corrected chi connectivity index (χ0v) is 15.3. The van der Waals surface area contributed by atoms with Crippen molar-refractivity contribution in [1.29, 1.82) is 0 Å². The maximum Gasteiger partial charge on any atom is 0.252 e. The molecule has 24 heavy (non-hydrogen) atoms. The van der Waals surface area contributed by atoms with Crippen LogP contribution in [0.5, 0.6) is 0 Å². The van der Waals surface area contributed by atoms with Gasteiger partial charge >= 0.3 is 0 Å². The number of nitrogens with zero attached hydrogens (tertiary/aromatic N) is 4. The molecule has 0 bridgehead atoms. The predicted molar refractivity (Wildman–Crippen MR) is 95.8 cm³/mol. The molecule has 0 aromatic carbocycles. The van der Waals surface area contributed by atoms with Gasteiger partial charge < -0.3 is 0 Å². The van der Waals surface area contributed by atoms with Crippen molar-refractivity contribution in [3.63, 3.8) is 0 Å². The Morgan fingerprint density at radius 1 is 1.08 bits per heavy atom. The molecule has 4 rings (SSSR count). The van der Waals surface area contributed by atoms with Gasteiger partial charge in [-0.3, -0.25) is 4.90 Å². The van der Waals surface area contributed by atoms with Crippen molar-refractivity contribution in [3.8, 4) is 0 Å². The monoisotopic (exact) mass is 380 g/mol. The zero-order valence-electron chi connectivity index (χ0n) is 12.8. The van der Waals surface area contributed by atoms with E-state index in [1.807, 2.05) is 17.6 Å². The minimum absolute atomic E-state index is 0.419. The lowest BCUT2D eigenvalue weighted by Gasteiger charge is -2.33. The van der Waals surface area contributed by atoms with Crippen molar-refractivity contribution in [1.82, 2.24) is 19.2 Å². The predicted octanol–water partition coefficient (Wildman–Crippen LogP) is 2.26. The van der Waals surface area contributed by atoms with Crippen LogP contribution in [0, 0.1) is 0 Å². The lowest BCUT2D eigenvalue weighted by Crippen LogP contribution is -2.48. The fraction of sp³-hybridized carbons (Fsp3) is 0.333. The molecule has 3 aromatic heterocycles. The van der Waals surface area contributed by atoms with Gasteiger partial charge in [-0.1, -0.05) is 6.07 Å². The molecule has 0 radical (unpaired) electrons. The first-order valence-electron chi connectivity index (χ1n) is 7.58. The molecule has 0 atom stereocenters. The van der Waals surface area contributed by atoms with E-state index in [1.165, 1.54) is 11.3 Å². The molecular formula is C15H16N4O2S3. The second-order valence-corrected chi connectivity index (χ2v) is 9.59. The first-order valence-corrected chi connectivity index (χ1v) is 10.8.